The first kappa shape index (κ1) is 34.5. The lowest BCUT2D eigenvalue weighted by molar-refractivity contribution is -0.130. The van der Waals surface area contributed by atoms with Crippen LogP contribution in [-0.4, -0.2) is 35.2 Å². The van der Waals surface area contributed by atoms with Gasteiger partial charge in [-0.2, -0.15) is 0 Å². The molecule has 0 unspecified atom stereocenters. The lowest BCUT2D eigenvalue weighted by Crippen LogP contribution is -2.42. The van der Waals surface area contributed by atoms with Crippen LogP contribution in [0.3, 0.4) is 0 Å². The molecule has 0 saturated heterocycles. The zero-order valence-electron chi connectivity index (χ0n) is 26.8. The Morgan fingerprint density at radius 2 is 1.16 bits per heavy atom. The molecule has 1 aliphatic carbocycles. The summed E-state index contributed by atoms with van der Waals surface area (Å²) < 4.78 is 23.1. The Bertz CT molecular complexity index is 1210. The molecule has 0 aliphatic heterocycles. The smallest absolute Gasteiger partial charge is 0.343 e. The van der Waals surface area contributed by atoms with E-state index in [1.54, 1.807) is 54.6 Å². The largest absolute Gasteiger partial charge is 0.494 e. The summed E-state index contributed by atoms with van der Waals surface area (Å²) in [6.07, 6.45) is 17.4. The molecular weight excluding hydrogens is 573 g/mol. The predicted octanol–water partition coefficient (Wildman–Crippen LogP) is 9.64. The molecule has 0 bridgehead atoms. The highest BCUT2D eigenvalue weighted by Crippen LogP contribution is 2.23. The second-order valence-corrected chi connectivity index (χ2v) is 21.9. The minimum absolute atomic E-state index is 0.375. The van der Waals surface area contributed by atoms with Gasteiger partial charge in [-0.05, 0) is 100 Å². The van der Waals surface area contributed by atoms with E-state index in [1.807, 2.05) is 12.2 Å². The van der Waals surface area contributed by atoms with Crippen LogP contribution in [-0.2, 0) is 8.91 Å². The van der Waals surface area contributed by atoms with Gasteiger partial charge in [0.25, 0.3) is 0 Å². The van der Waals surface area contributed by atoms with Gasteiger partial charge >= 0.3 is 11.9 Å². The van der Waals surface area contributed by atoms with E-state index in [4.69, 9.17) is 18.3 Å². The van der Waals surface area contributed by atoms with Crippen LogP contribution in [0.25, 0.3) is 0 Å². The molecule has 43 heavy (non-hydrogen) atoms. The zero-order valence-corrected chi connectivity index (χ0v) is 28.8. The highest BCUT2D eigenvalue weighted by molar-refractivity contribution is 6.84. The number of benzene rings is 2. The van der Waals surface area contributed by atoms with Crippen LogP contribution in [0.15, 0.2) is 72.3 Å². The van der Waals surface area contributed by atoms with E-state index in [9.17, 15) is 9.59 Å². The summed E-state index contributed by atoms with van der Waals surface area (Å²) >= 11 is 0. The number of rotatable bonds is 19. The van der Waals surface area contributed by atoms with Crippen molar-refractivity contribution in [3.8, 4) is 17.2 Å². The Hall–Kier alpha value is -2.95. The molecule has 0 saturated carbocycles. The zero-order chi connectivity index (χ0) is 31.1. The van der Waals surface area contributed by atoms with Crippen LogP contribution < -0.4 is 14.2 Å². The normalized spacial score (nSPS) is 13.1. The van der Waals surface area contributed by atoms with Crippen LogP contribution in [0.2, 0.25) is 38.8 Å². The minimum atomic E-state index is -1.47. The Kier molecular flexibility index (Phi) is 14.0. The van der Waals surface area contributed by atoms with E-state index in [1.165, 1.54) is 57.4 Å². The third kappa shape index (κ3) is 13.9. The molecule has 2 aromatic carbocycles. The Morgan fingerprint density at radius 3 is 1.70 bits per heavy atom. The number of unbranched alkanes of at least 4 members (excludes halogenated alkanes) is 8. The molecule has 0 fully saturated rings. The summed E-state index contributed by atoms with van der Waals surface area (Å²) in [4.78, 5) is 24.6. The average molecular weight is 623 g/mol. The maximum Gasteiger partial charge on any atom is 0.343 e. The summed E-state index contributed by atoms with van der Waals surface area (Å²) in [5, 5.41) is 0. The van der Waals surface area contributed by atoms with Crippen LogP contribution in [0.5, 0.6) is 17.2 Å². The number of allylic oxidation sites excluding steroid dienone is 3. The summed E-state index contributed by atoms with van der Waals surface area (Å²) in [7, 11) is -2.89. The monoisotopic (exact) mass is 622 g/mol. The molecule has 1 aliphatic rings. The molecule has 6 nitrogen and oxygen atoms in total. The molecule has 0 radical (unpaired) electrons. The first-order valence-electron chi connectivity index (χ1n) is 15.8. The van der Waals surface area contributed by atoms with Gasteiger partial charge in [0.1, 0.15) is 17.2 Å². The summed E-state index contributed by atoms with van der Waals surface area (Å²) in [6.45, 7) is 12.3. The molecule has 8 heteroatoms. The average Bonchev–Trinajstić information content (AvgIpc) is 3.49. The van der Waals surface area contributed by atoms with Crippen LogP contribution in [0, 0.1) is 0 Å². The quantitative estimate of drug-likeness (QED) is 0.0672. The molecule has 2 aromatic rings. The number of esters is 2. The van der Waals surface area contributed by atoms with Gasteiger partial charge < -0.3 is 18.3 Å². The van der Waals surface area contributed by atoms with Crippen molar-refractivity contribution in [3.63, 3.8) is 0 Å². The summed E-state index contributed by atoms with van der Waals surface area (Å²) in [6, 6.07) is 14.7. The van der Waals surface area contributed by atoms with Gasteiger partial charge in [0.05, 0.1) is 12.2 Å². The SMILES string of the molecule is C[Si](C)(C)O[Si](C)(C)CCCCCCCCCCCOc1ccc(C(=O)Oc2ccc(OC(=O)C3=CC=CC3)cc2)cc1. The van der Waals surface area contributed by atoms with E-state index < -0.39 is 22.6 Å². The van der Waals surface area contributed by atoms with Crippen molar-refractivity contribution in [2.45, 2.75) is 103 Å². The molecule has 0 N–H and O–H groups in total. The highest BCUT2D eigenvalue weighted by Gasteiger charge is 2.28. The lowest BCUT2D eigenvalue weighted by Gasteiger charge is -2.31. The lowest BCUT2D eigenvalue weighted by atomic mass is 10.1. The number of carbonyl (C=O) groups is 2. The Labute approximate surface area is 260 Å². The first-order chi connectivity index (χ1) is 20.5. The molecule has 0 spiro atoms. The van der Waals surface area contributed by atoms with Crippen LogP contribution in [0.4, 0.5) is 0 Å². The Morgan fingerprint density at radius 1 is 0.651 bits per heavy atom. The maximum absolute atomic E-state index is 12.5. The van der Waals surface area contributed by atoms with Crippen molar-refractivity contribution < 1.29 is 27.9 Å². The number of hydrogen-bond acceptors (Lipinski definition) is 6. The minimum Gasteiger partial charge on any atom is -0.494 e. The van der Waals surface area contributed by atoms with Gasteiger partial charge in [-0.25, -0.2) is 9.59 Å². The highest BCUT2D eigenvalue weighted by atomic mass is 28.4. The fraction of sp³-hybridized carbons (Fsp3) is 0.486. The van der Waals surface area contributed by atoms with E-state index >= 15 is 0 Å². The van der Waals surface area contributed by atoms with Crippen molar-refractivity contribution >= 4 is 28.6 Å². The molecule has 234 valence electrons. The molecular formula is C35H50O6Si2. The van der Waals surface area contributed by atoms with Crippen LogP contribution >= 0.6 is 0 Å². The first-order valence-corrected chi connectivity index (χ1v) is 22.4. The van der Waals surface area contributed by atoms with Crippen LogP contribution in [0.1, 0.15) is 74.6 Å². The Balaban J connectivity index is 1.21. The molecule has 0 aromatic heterocycles. The van der Waals surface area contributed by atoms with Crippen molar-refractivity contribution in [2.24, 2.45) is 0 Å². The second-order valence-electron chi connectivity index (χ2n) is 12.9. The van der Waals surface area contributed by atoms with E-state index in [-0.39, 0.29) is 5.97 Å². The van der Waals surface area contributed by atoms with Gasteiger partial charge in [-0.3, -0.25) is 0 Å². The fourth-order valence-electron chi connectivity index (χ4n) is 5.16. The van der Waals surface area contributed by atoms with Gasteiger partial charge in [0.2, 0.25) is 0 Å². The molecule has 3 rings (SSSR count). The van der Waals surface area contributed by atoms with E-state index in [2.05, 4.69) is 32.7 Å². The van der Waals surface area contributed by atoms with Crippen molar-refractivity contribution in [1.29, 1.82) is 0 Å². The fourth-order valence-corrected chi connectivity index (χ4v) is 13.3. The van der Waals surface area contributed by atoms with Crippen molar-refractivity contribution in [3.05, 3.63) is 77.9 Å². The van der Waals surface area contributed by atoms with Gasteiger partial charge in [-0.1, -0.05) is 69.6 Å². The van der Waals surface area contributed by atoms with E-state index in [0.717, 1.165) is 12.2 Å². The molecule has 0 atom stereocenters. The standard InChI is InChI=1S/C35H50O6Si2/c1-42(2,3)41-43(4,5)28-16-12-10-8-6-7-9-11-15-27-38-31-21-19-30(20-22-31)35(37)40-33-25-23-32(24-26-33)39-34(36)29-17-13-14-18-29/h13-14,17,19-26H,6-12,15-16,18,27-28H2,1-5H3. The third-order valence-corrected chi connectivity index (χ3v) is 13.4. The van der Waals surface area contributed by atoms with Gasteiger partial charge in [0.15, 0.2) is 16.6 Å². The molecule has 0 amide bonds. The topological polar surface area (TPSA) is 71.1 Å². The number of hydrogen-bond donors (Lipinski definition) is 0. The van der Waals surface area contributed by atoms with Gasteiger partial charge in [0, 0.05) is 5.57 Å². The third-order valence-electron chi connectivity index (χ3n) is 7.14. The van der Waals surface area contributed by atoms with Crippen molar-refractivity contribution in [2.75, 3.05) is 6.61 Å². The second kappa shape index (κ2) is 17.4. The predicted molar refractivity (Wildman–Crippen MR) is 179 cm³/mol. The summed E-state index contributed by atoms with van der Waals surface area (Å²) in [5.74, 6) is 0.686. The maximum atomic E-state index is 12.5. The summed E-state index contributed by atoms with van der Waals surface area (Å²) in [5.41, 5.74) is 1.05. The molecule has 0 heterocycles. The number of ether oxygens (including phenoxy) is 3. The van der Waals surface area contributed by atoms with Gasteiger partial charge in [-0.15, -0.1) is 0 Å². The van der Waals surface area contributed by atoms with E-state index in [0.29, 0.717) is 35.7 Å². The van der Waals surface area contributed by atoms with Crippen molar-refractivity contribution in [1.82, 2.24) is 0 Å². The number of carbonyl (C=O) groups excluding carboxylic acids is 2.